The van der Waals surface area contributed by atoms with Crippen molar-refractivity contribution in [2.24, 2.45) is 17.8 Å². The lowest BCUT2D eigenvalue weighted by Gasteiger charge is -2.38. The van der Waals surface area contributed by atoms with Crippen LogP contribution < -0.4 is 9.72 Å². The SMILES string of the molecule is O=C1CCc2cc(c(O)c(OC3CCCC3)c2)Cc2ccc(C3([C@H](O)Cc4ccccc4)CCCC3)c(c2)Cc2cc[nH]c2[N-]CC2=Cc3[n-]ccc3[C@H](C[C@@H]3C=Cc4c(O)cccc4CC3)[C@@H]2C(=O)[C@H]1CCO. The van der Waals surface area contributed by atoms with E-state index in [1.807, 2.05) is 60.8 Å². The van der Waals surface area contributed by atoms with Gasteiger partial charge >= 0.3 is 0 Å². The summed E-state index contributed by atoms with van der Waals surface area (Å²) in [5.74, 6) is -1.01. The zero-order valence-electron chi connectivity index (χ0n) is 42.4. The number of carbonyl (C=O) groups excluding carboxylic acids is 2. The summed E-state index contributed by atoms with van der Waals surface area (Å²) in [4.78, 5) is 38.7. The second-order valence-electron chi connectivity index (χ2n) is 22.0. The molecule has 1 aliphatic heterocycles. The molecule has 384 valence electrons. The van der Waals surface area contributed by atoms with Gasteiger partial charge in [0.25, 0.3) is 0 Å². The molecule has 2 saturated carbocycles. The highest BCUT2D eigenvalue weighted by atomic mass is 16.5. The van der Waals surface area contributed by atoms with Gasteiger partial charge in [-0.05, 0) is 153 Å². The Labute approximate surface area is 435 Å². The van der Waals surface area contributed by atoms with E-state index in [-0.39, 0.29) is 67.0 Å². The lowest BCUT2D eigenvalue weighted by Crippen LogP contribution is -2.39. The van der Waals surface area contributed by atoms with Crippen molar-refractivity contribution < 1.29 is 34.8 Å². The third-order valence-corrected chi connectivity index (χ3v) is 17.4. The zero-order chi connectivity index (χ0) is 50.8. The highest BCUT2D eigenvalue weighted by Gasteiger charge is 2.44. The van der Waals surface area contributed by atoms with Crippen molar-refractivity contribution in [3.63, 3.8) is 0 Å². The van der Waals surface area contributed by atoms with Gasteiger partial charge in [0.05, 0.1) is 18.1 Å². The van der Waals surface area contributed by atoms with Crippen LogP contribution in [0.3, 0.4) is 0 Å². The molecule has 6 aromatic rings. The molecule has 2 aromatic heterocycles. The van der Waals surface area contributed by atoms with E-state index in [2.05, 4.69) is 53.5 Å². The molecule has 5 aliphatic rings. The first kappa shape index (κ1) is 49.6. The predicted molar refractivity (Wildman–Crippen MR) is 289 cm³/mol. The van der Waals surface area contributed by atoms with Crippen LogP contribution in [0.15, 0.2) is 115 Å². The Bertz CT molecular complexity index is 3040. The first-order chi connectivity index (χ1) is 36.1. The number of ether oxygens (including phenoxy) is 1. The summed E-state index contributed by atoms with van der Waals surface area (Å²) < 4.78 is 6.57. The Hall–Kier alpha value is -6.62. The fraction of sp³-hybridized carbons (Fsp3) is 0.406. The number of Topliss-reactive ketones (excluding diaryl/α,β-unsaturated/α-hetero) is 2. The number of nitrogens with zero attached hydrogens (tertiary/aromatic N) is 2. The number of hydrogen-bond acceptors (Lipinski definition) is 7. The number of rotatable bonds is 10. The van der Waals surface area contributed by atoms with Crippen LogP contribution >= 0.6 is 0 Å². The van der Waals surface area contributed by atoms with Crippen LogP contribution in [0.1, 0.15) is 144 Å². The molecular formula is C64H69N3O7-2. The molecule has 2 fully saturated rings. The van der Waals surface area contributed by atoms with Crippen LogP contribution in [0, 0.1) is 17.8 Å². The Morgan fingerprint density at radius 1 is 0.797 bits per heavy atom. The van der Waals surface area contributed by atoms with Gasteiger partial charge < -0.3 is 40.4 Å². The summed E-state index contributed by atoms with van der Waals surface area (Å²) in [7, 11) is 0. The van der Waals surface area contributed by atoms with Gasteiger partial charge in [0.1, 0.15) is 11.5 Å². The second kappa shape index (κ2) is 21.7. The van der Waals surface area contributed by atoms with Crippen molar-refractivity contribution in [1.82, 2.24) is 9.97 Å². The molecule has 74 heavy (non-hydrogen) atoms. The summed E-state index contributed by atoms with van der Waals surface area (Å²) in [5, 5.41) is 51.2. The fourth-order valence-corrected chi connectivity index (χ4v) is 13.5. The molecule has 5 N–H and O–H groups in total. The molecule has 5 atom stereocenters. The highest BCUT2D eigenvalue weighted by molar-refractivity contribution is 6.05. The number of nitrogens with one attached hydrogen (secondary N) is 1. The maximum Gasteiger partial charge on any atom is 0.161 e. The number of phenolic OH excluding ortho intramolecular Hbond substituents is 2. The number of allylic oxidation sites excluding steroid dienone is 1. The van der Waals surface area contributed by atoms with Gasteiger partial charge in [-0.1, -0.05) is 133 Å². The average molecular weight is 992 g/mol. The molecule has 10 heteroatoms. The largest absolute Gasteiger partial charge is 0.664 e. The van der Waals surface area contributed by atoms with Crippen LogP contribution in [0.25, 0.3) is 17.5 Å². The van der Waals surface area contributed by atoms with Crippen LogP contribution in [-0.4, -0.2) is 62.3 Å². The van der Waals surface area contributed by atoms with Crippen molar-refractivity contribution in [2.75, 3.05) is 13.2 Å². The third kappa shape index (κ3) is 10.2. The number of fused-ring (bicyclic) bond motifs is 8. The second-order valence-corrected chi connectivity index (χ2v) is 22.0. The number of benzene rings is 4. The normalized spacial score (nSPS) is 22.4. The van der Waals surface area contributed by atoms with Gasteiger partial charge in [0.2, 0.25) is 0 Å². The molecule has 4 aromatic carbocycles. The van der Waals surface area contributed by atoms with Gasteiger partial charge in [-0.25, -0.2) is 0 Å². The lowest BCUT2D eigenvalue weighted by atomic mass is 9.67. The van der Waals surface area contributed by atoms with Crippen molar-refractivity contribution in [1.29, 1.82) is 0 Å². The number of aliphatic hydroxyl groups excluding tert-OH is 2. The summed E-state index contributed by atoms with van der Waals surface area (Å²) in [6, 6.07) is 30.5. The molecule has 0 unspecified atom stereocenters. The number of ketones is 2. The average Bonchev–Trinajstić information content (AvgIpc) is 4.26. The van der Waals surface area contributed by atoms with E-state index < -0.39 is 23.4 Å². The molecule has 4 aliphatic carbocycles. The number of H-pyrrole nitrogens is 1. The summed E-state index contributed by atoms with van der Waals surface area (Å²) in [6.07, 6.45) is 21.1. The highest BCUT2D eigenvalue weighted by Crippen LogP contribution is 2.49. The Morgan fingerprint density at radius 3 is 2.45 bits per heavy atom. The van der Waals surface area contributed by atoms with E-state index in [0.717, 1.165) is 126 Å². The number of hydrogen-bond donors (Lipinski definition) is 5. The molecule has 4 bridgehead atoms. The van der Waals surface area contributed by atoms with E-state index in [1.54, 1.807) is 12.3 Å². The molecule has 3 heterocycles. The molecular weight excluding hydrogens is 923 g/mol. The van der Waals surface area contributed by atoms with Crippen molar-refractivity contribution in [3.8, 4) is 17.2 Å². The van der Waals surface area contributed by atoms with E-state index >= 15 is 4.79 Å². The first-order valence-corrected chi connectivity index (χ1v) is 27.3. The quantitative estimate of drug-likeness (QED) is 0.0845. The Morgan fingerprint density at radius 2 is 1.62 bits per heavy atom. The number of phenols is 2. The summed E-state index contributed by atoms with van der Waals surface area (Å²) in [6.45, 7) is -0.132. The van der Waals surface area contributed by atoms with E-state index in [1.165, 1.54) is 0 Å². The standard InChI is InChI=1S/C64H69N3O7/c68-30-25-52-57(70)22-18-43-33-47(61(72)58(35-43)74-49-12-4-5-13-49)32-42-17-21-54(64(26-6-7-27-64)59(71)36-40-9-2-1-3-10-40)46(31-42)37-45-23-28-66-63(45)67-39-48-38-55-51(24-29-65-55)53(60(48)62(52)73)34-41-15-19-44-11-8-14-56(69)50(44)20-16-41/h1-3,8-11,14,16-17,20-21,23-24,28-29,31,33,35,38,41,49,52-53,59-60,66,68-69,71-72H,4-7,12-13,15,18-19,22,25-27,30,32,34,36-37,39H2/q-2/t41-,52-,53-,59+,60+/m0/s1. The minimum atomic E-state index is -1.06. The number of aryl methyl sites for hydroxylation is 2. The number of carbonyl (C=O) groups is 2. The molecule has 10 nitrogen and oxygen atoms in total. The maximum atomic E-state index is 15.7. The van der Waals surface area contributed by atoms with Gasteiger partial charge in [-0.15, -0.1) is 5.69 Å². The van der Waals surface area contributed by atoms with E-state index in [9.17, 15) is 25.2 Å². The van der Waals surface area contributed by atoms with E-state index in [0.29, 0.717) is 49.2 Å². The number of aromatic nitrogens is 2. The summed E-state index contributed by atoms with van der Waals surface area (Å²) in [5.41, 5.74) is 10.9. The molecule has 11 rings (SSSR count). The minimum absolute atomic E-state index is 0.00641. The van der Waals surface area contributed by atoms with Gasteiger partial charge in [0.15, 0.2) is 17.3 Å². The minimum Gasteiger partial charge on any atom is -0.664 e. The molecule has 0 amide bonds. The van der Waals surface area contributed by atoms with Crippen LogP contribution in [-0.2, 0) is 47.1 Å². The van der Waals surface area contributed by atoms with Gasteiger partial charge in [0, 0.05) is 41.9 Å². The number of aliphatic hydroxyl groups is 2. The lowest BCUT2D eigenvalue weighted by molar-refractivity contribution is -0.135. The summed E-state index contributed by atoms with van der Waals surface area (Å²) >= 11 is 0. The maximum absolute atomic E-state index is 15.7. The first-order valence-electron chi connectivity index (χ1n) is 27.3. The number of aromatic amines is 1. The van der Waals surface area contributed by atoms with Crippen LogP contribution in [0.5, 0.6) is 17.2 Å². The zero-order valence-corrected chi connectivity index (χ0v) is 42.4. The van der Waals surface area contributed by atoms with Gasteiger partial charge in [-0.3, -0.25) is 9.59 Å². The van der Waals surface area contributed by atoms with Crippen molar-refractivity contribution in [3.05, 3.63) is 182 Å². The van der Waals surface area contributed by atoms with Gasteiger partial charge in [-0.2, -0.15) is 6.20 Å². The van der Waals surface area contributed by atoms with E-state index in [4.69, 9.17) is 15.0 Å². The molecule has 0 radical (unpaired) electrons. The molecule has 0 spiro atoms. The predicted octanol–water partition coefficient (Wildman–Crippen LogP) is 11.9. The smallest absolute Gasteiger partial charge is 0.161 e. The van der Waals surface area contributed by atoms with Crippen LogP contribution in [0.2, 0.25) is 0 Å². The Balaban J connectivity index is 1.01. The third-order valence-electron chi connectivity index (χ3n) is 17.4. The van der Waals surface area contributed by atoms with Crippen LogP contribution in [0.4, 0.5) is 5.82 Å². The van der Waals surface area contributed by atoms with Crippen molar-refractivity contribution in [2.45, 2.75) is 133 Å². The topological polar surface area (TPSA) is 168 Å². The number of aromatic hydroxyl groups is 2. The van der Waals surface area contributed by atoms with Crippen molar-refractivity contribution >= 4 is 29.5 Å². The Kier molecular flexibility index (Phi) is 14.5. The monoisotopic (exact) mass is 992 g/mol. The molecule has 0 saturated heterocycles. The fourth-order valence-electron chi connectivity index (χ4n) is 13.5.